The van der Waals surface area contributed by atoms with Gasteiger partial charge in [0.1, 0.15) is 6.04 Å². The molecule has 2 N–H and O–H groups in total. The van der Waals surface area contributed by atoms with Crippen molar-refractivity contribution in [3.8, 4) is 0 Å². The Morgan fingerprint density at radius 3 is 2.60 bits per heavy atom. The maximum absolute atomic E-state index is 12.5. The van der Waals surface area contributed by atoms with Crippen LogP contribution in [0.15, 0.2) is 22.8 Å². The fourth-order valence-corrected chi connectivity index (χ4v) is 2.22. The summed E-state index contributed by atoms with van der Waals surface area (Å²) in [5.41, 5.74) is 0. The summed E-state index contributed by atoms with van der Waals surface area (Å²) >= 11 is 0. The molecule has 20 heavy (non-hydrogen) atoms. The van der Waals surface area contributed by atoms with Crippen LogP contribution in [0.4, 0.5) is 0 Å². The van der Waals surface area contributed by atoms with Crippen molar-refractivity contribution >= 4 is 11.8 Å². The van der Waals surface area contributed by atoms with E-state index in [4.69, 9.17) is 4.42 Å². The first-order valence-corrected chi connectivity index (χ1v) is 6.93. The van der Waals surface area contributed by atoms with Gasteiger partial charge in [0, 0.05) is 26.2 Å². The van der Waals surface area contributed by atoms with Crippen LogP contribution in [0.25, 0.3) is 0 Å². The number of furan rings is 1. The molecule has 1 atom stereocenters. The van der Waals surface area contributed by atoms with E-state index in [1.165, 1.54) is 6.26 Å². The van der Waals surface area contributed by atoms with E-state index in [1.807, 2.05) is 13.8 Å². The van der Waals surface area contributed by atoms with Gasteiger partial charge < -0.3 is 20.0 Å². The Hall–Kier alpha value is -1.82. The third-order valence-electron chi connectivity index (χ3n) is 3.39. The molecule has 0 saturated carbocycles. The highest BCUT2D eigenvalue weighted by atomic mass is 16.3. The average molecular weight is 279 g/mol. The lowest BCUT2D eigenvalue weighted by molar-refractivity contribution is -0.134. The lowest BCUT2D eigenvalue weighted by Crippen LogP contribution is -2.55. The van der Waals surface area contributed by atoms with Gasteiger partial charge in [-0.3, -0.25) is 9.59 Å². The van der Waals surface area contributed by atoms with Gasteiger partial charge in [-0.2, -0.15) is 0 Å². The molecule has 110 valence electrons. The second-order valence-electron chi connectivity index (χ2n) is 5.25. The first-order chi connectivity index (χ1) is 9.59. The Kier molecular flexibility index (Phi) is 4.79. The molecule has 1 saturated heterocycles. The van der Waals surface area contributed by atoms with E-state index < -0.39 is 6.04 Å². The summed E-state index contributed by atoms with van der Waals surface area (Å²) < 4.78 is 5.05. The van der Waals surface area contributed by atoms with Crippen LogP contribution in [0.2, 0.25) is 0 Å². The first kappa shape index (κ1) is 14.6. The number of carbonyl (C=O) groups is 2. The summed E-state index contributed by atoms with van der Waals surface area (Å²) in [6.45, 7) is 6.79. The van der Waals surface area contributed by atoms with Crippen LogP contribution >= 0.6 is 0 Å². The molecule has 0 bridgehead atoms. The molecule has 2 heterocycles. The van der Waals surface area contributed by atoms with Gasteiger partial charge in [0.25, 0.3) is 5.91 Å². The van der Waals surface area contributed by atoms with Crippen molar-refractivity contribution in [1.29, 1.82) is 0 Å². The molecule has 0 radical (unpaired) electrons. The molecular formula is C14H21N3O3. The number of nitrogens with one attached hydrogen (secondary N) is 2. The molecule has 0 aromatic carbocycles. The largest absolute Gasteiger partial charge is 0.459 e. The second-order valence-corrected chi connectivity index (χ2v) is 5.25. The molecular weight excluding hydrogens is 258 g/mol. The van der Waals surface area contributed by atoms with E-state index in [-0.39, 0.29) is 23.5 Å². The Bertz CT molecular complexity index is 450. The van der Waals surface area contributed by atoms with Crippen LogP contribution in [-0.4, -0.2) is 48.9 Å². The lowest BCUT2D eigenvalue weighted by atomic mass is 10.0. The zero-order valence-electron chi connectivity index (χ0n) is 11.9. The Balaban J connectivity index is 2.02. The van der Waals surface area contributed by atoms with Crippen LogP contribution in [0.3, 0.4) is 0 Å². The second kappa shape index (κ2) is 6.56. The minimum absolute atomic E-state index is 0.0243. The van der Waals surface area contributed by atoms with Crippen LogP contribution in [-0.2, 0) is 4.79 Å². The SMILES string of the molecule is CC(C)C(NC(=O)c1ccco1)C(=O)N1CCNCC1. The molecule has 1 aliphatic heterocycles. The molecule has 0 aliphatic carbocycles. The molecule has 6 nitrogen and oxygen atoms in total. The number of amides is 2. The van der Waals surface area contributed by atoms with E-state index in [0.717, 1.165) is 13.1 Å². The number of nitrogens with zero attached hydrogens (tertiary/aromatic N) is 1. The number of piperazine rings is 1. The van der Waals surface area contributed by atoms with Gasteiger partial charge in [0.05, 0.1) is 6.26 Å². The van der Waals surface area contributed by atoms with E-state index >= 15 is 0 Å². The predicted octanol–water partition coefficient (Wildman–Crippen LogP) is 0.466. The fraction of sp³-hybridized carbons (Fsp3) is 0.571. The van der Waals surface area contributed by atoms with Gasteiger partial charge in [-0.15, -0.1) is 0 Å². The molecule has 1 fully saturated rings. The fourth-order valence-electron chi connectivity index (χ4n) is 2.22. The standard InChI is InChI=1S/C14H21N3O3/c1-10(2)12(14(19)17-7-5-15-6-8-17)16-13(18)11-4-3-9-20-11/h3-4,9-10,12,15H,5-8H2,1-2H3,(H,16,18). The summed E-state index contributed by atoms with van der Waals surface area (Å²) in [7, 11) is 0. The number of rotatable bonds is 4. The predicted molar refractivity (Wildman–Crippen MR) is 74.2 cm³/mol. The summed E-state index contributed by atoms with van der Waals surface area (Å²) in [5, 5.41) is 5.98. The van der Waals surface area contributed by atoms with Gasteiger partial charge in [0.2, 0.25) is 5.91 Å². The van der Waals surface area contributed by atoms with Crippen LogP contribution in [0.1, 0.15) is 24.4 Å². The van der Waals surface area contributed by atoms with E-state index in [0.29, 0.717) is 13.1 Å². The minimum Gasteiger partial charge on any atom is -0.459 e. The highest BCUT2D eigenvalue weighted by Gasteiger charge is 2.30. The number of hydrogen-bond acceptors (Lipinski definition) is 4. The summed E-state index contributed by atoms with van der Waals surface area (Å²) in [4.78, 5) is 26.3. The van der Waals surface area contributed by atoms with Gasteiger partial charge in [-0.05, 0) is 18.1 Å². The average Bonchev–Trinajstić information content (AvgIpc) is 2.98. The minimum atomic E-state index is -0.523. The molecule has 6 heteroatoms. The topological polar surface area (TPSA) is 74.6 Å². The Labute approximate surface area is 118 Å². The molecule has 1 aliphatic rings. The highest BCUT2D eigenvalue weighted by molar-refractivity contribution is 5.95. The highest BCUT2D eigenvalue weighted by Crippen LogP contribution is 2.09. The molecule has 2 amide bonds. The van der Waals surface area contributed by atoms with Crippen molar-refractivity contribution in [3.63, 3.8) is 0 Å². The maximum atomic E-state index is 12.5. The van der Waals surface area contributed by atoms with E-state index in [2.05, 4.69) is 10.6 Å². The number of hydrogen-bond donors (Lipinski definition) is 2. The van der Waals surface area contributed by atoms with E-state index in [9.17, 15) is 9.59 Å². The summed E-state index contributed by atoms with van der Waals surface area (Å²) in [6.07, 6.45) is 1.44. The van der Waals surface area contributed by atoms with Crippen LogP contribution in [0.5, 0.6) is 0 Å². The normalized spacial score (nSPS) is 17.1. The van der Waals surface area contributed by atoms with Crippen molar-refractivity contribution < 1.29 is 14.0 Å². The third kappa shape index (κ3) is 3.39. The van der Waals surface area contributed by atoms with Crippen molar-refractivity contribution in [1.82, 2.24) is 15.5 Å². The first-order valence-electron chi connectivity index (χ1n) is 6.93. The van der Waals surface area contributed by atoms with E-state index in [1.54, 1.807) is 17.0 Å². The van der Waals surface area contributed by atoms with Gasteiger partial charge in [-0.25, -0.2) is 0 Å². The van der Waals surface area contributed by atoms with Crippen molar-refractivity contribution in [2.45, 2.75) is 19.9 Å². The van der Waals surface area contributed by atoms with Crippen LogP contribution in [0, 0.1) is 5.92 Å². The lowest BCUT2D eigenvalue weighted by Gasteiger charge is -2.32. The molecule has 1 unspecified atom stereocenters. The smallest absolute Gasteiger partial charge is 0.287 e. The summed E-state index contributed by atoms with van der Waals surface area (Å²) in [6, 6.07) is 2.71. The third-order valence-corrected chi connectivity index (χ3v) is 3.39. The Morgan fingerprint density at radius 2 is 2.05 bits per heavy atom. The molecule has 0 spiro atoms. The van der Waals surface area contributed by atoms with Crippen molar-refractivity contribution in [2.24, 2.45) is 5.92 Å². The van der Waals surface area contributed by atoms with Crippen LogP contribution < -0.4 is 10.6 Å². The molecule has 1 aromatic rings. The van der Waals surface area contributed by atoms with Crippen molar-refractivity contribution in [3.05, 3.63) is 24.2 Å². The Morgan fingerprint density at radius 1 is 1.35 bits per heavy atom. The van der Waals surface area contributed by atoms with Crippen molar-refractivity contribution in [2.75, 3.05) is 26.2 Å². The molecule has 2 rings (SSSR count). The molecule has 1 aromatic heterocycles. The van der Waals surface area contributed by atoms with Gasteiger partial charge in [0.15, 0.2) is 5.76 Å². The van der Waals surface area contributed by atoms with Gasteiger partial charge in [-0.1, -0.05) is 13.8 Å². The maximum Gasteiger partial charge on any atom is 0.287 e. The van der Waals surface area contributed by atoms with Gasteiger partial charge >= 0.3 is 0 Å². The quantitative estimate of drug-likeness (QED) is 0.840. The summed E-state index contributed by atoms with van der Waals surface area (Å²) in [5.74, 6) is -0.126. The zero-order valence-corrected chi connectivity index (χ0v) is 11.9. The monoisotopic (exact) mass is 279 g/mol. The zero-order chi connectivity index (χ0) is 14.5. The number of carbonyl (C=O) groups excluding carboxylic acids is 2.